The number of hydrogen-bond donors (Lipinski definition) is 1. The van der Waals surface area contributed by atoms with Gasteiger partial charge in [-0.3, -0.25) is 19.2 Å². The van der Waals surface area contributed by atoms with Crippen LogP contribution in [-0.2, 0) is 19.2 Å². The molecule has 0 saturated carbocycles. The Balaban J connectivity index is 2.75. The zero-order valence-electron chi connectivity index (χ0n) is 10.5. The molecular weight excluding hydrogens is 238 g/mol. The van der Waals surface area contributed by atoms with E-state index >= 15 is 0 Å². The Kier molecular flexibility index (Phi) is 4.41. The molecule has 100 valence electrons. The standard InChI is InChI=1S/C11H17N3O4/c1-7(15)10(17)14-5-3-4-8(14)11(18)13(2)6-9(12)16/h8H,3-6H2,1-2H3,(H2,12,16)/t8-/m0/s1. The minimum Gasteiger partial charge on any atom is -0.368 e. The van der Waals surface area contributed by atoms with Gasteiger partial charge in [-0.1, -0.05) is 0 Å². The normalized spacial score (nSPS) is 18.6. The van der Waals surface area contributed by atoms with Crippen LogP contribution in [-0.4, -0.2) is 59.5 Å². The molecule has 0 aromatic carbocycles. The first kappa shape index (κ1) is 14.1. The molecule has 1 aliphatic heterocycles. The lowest BCUT2D eigenvalue weighted by atomic mass is 10.2. The zero-order valence-corrected chi connectivity index (χ0v) is 10.5. The van der Waals surface area contributed by atoms with Crippen LogP contribution < -0.4 is 5.73 Å². The van der Waals surface area contributed by atoms with E-state index in [1.165, 1.54) is 23.8 Å². The molecule has 0 aromatic rings. The topological polar surface area (TPSA) is 101 Å². The van der Waals surface area contributed by atoms with Gasteiger partial charge >= 0.3 is 0 Å². The van der Waals surface area contributed by atoms with E-state index in [9.17, 15) is 19.2 Å². The molecule has 1 aliphatic rings. The predicted molar refractivity (Wildman–Crippen MR) is 62.2 cm³/mol. The molecule has 0 aromatic heterocycles. The molecule has 2 N–H and O–H groups in total. The van der Waals surface area contributed by atoms with E-state index in [1.807, 2.05) is 0 Å². The van der Waals surface area contributed by atoms with Crippen molar-refractivity contribution in [3.63, 3.8) is 0 Å². The minimum absolute atomic E-state index is 0.197. The highest BCUT2D eigenvalue weighted by Crippen LogP contribution is 2.19. The molecule has 3 amide bonds. The van der Waals surface area contributed by atoms with Crippen LogP contribution in [0.5, 0.6) is 0 Å². The smallest absolute Gasteiger partial charge is 0.290 e. The van der Waals surface area contributed by atoms with E-state index in [-0.39, 0.29) is 12.5 Å². The molecule has 1 rings (SSSR count). The molecule has 0 aliphatic carbocycles. The molecule has 0 spiro atoms. The lowest BCUT2D eigenvalue weighted by Gasteiger charge is -2.26. The average molecular weight is 255 g/mol. The Morgan fingerprint density at radius 2 is 1.94 bits per heavy atom. The van der Waals surface area contributed by atoms with Crippen molar-refractivity contribution in [3.8, 4) is 0 Å². The summed E-state index contributed by atoms with van der Waals surface area (Å²) in [5, 5.41) is 0. The van der Waals surface area contributed by atoms with Gasteiger partial charge in [0.25, 0.3) is 5.91 Å². The van der Waals surface area contributed by atoms with E-state index in [0.29, 0.717) is 19.4 Å². The maximum absolute atomic E-state index is 12.0. The molecular formula is C11H17N3O4. The first-order valence-corrected chi connectivity index (χ1v) is 5.69. The second-order valence-corrected chi connectivity index (χ2v) is 4.37. The van der Waals surface area contributed by atoms with Crippen molar-refractivity contribution in [2.75, 3.05) is 20.1 Å². The first-order chi connectivity index (χ1) is 8.34. The number of carbonyl (C=O) groups excluding carboxylic acids is 4. The van der Waals surface area contributed by atoms with E-state index in [2.05, 4.69) is 0 Å². The van der Waals surface area contributed by atoms with E-state index in [0.717, 1.165) is 0 Å². The van der Waals surface area contributed by atoms with Crippen molar-refractivity contribution in [1.82, 2.24) is 9.80 Å². The van der Waals surface area contributed by atoms with Crippen molar-refractivity contribution in [2.24, 2.45) is 5.73 Å². The number of hydrogen-bond acceptors (Lipinski definition) is 4. The molecule has 7 nitrogen and oxygen atoms in total. The summed E-state index contributed by atoms with van der Waals surface area (Å²) in [7, 11) is 1.45. The fraction of sp³-hybridized carbons (Fsp3) is 0.636. The number of primary amides is 1. The molecule has 1 saturated heterocycles. The molecule has 0 bridgehead atoms. The number of Topliss-reactive ketones (excluding diaryl/α,β-unsaturated/α-hetero) is 1. The Hall–Kier alpha value is -1.92. The highest BCUT2D eigenvalue weighted by Gasteiger charge is 2.37. The Bertz CT molecular complexity index is 394. The van der Waals surface area contributed by atoms with Gasteiger partial charge < -0.3 is 15.5 Å². The van der Waals surface area contributed by atoms with Crippen LogP contribution in [0.2, 0.25) is 0 Å². The maximum Gasteiger partial charge on any atom is 0.290 e. The first-order valence-electron chi connectivity index (χ1n) is 5.69. The minimum atomic E-state index is -0.661. The van der Waals surface area contributed by atoms with Crippen molar-refractivity contribution >= 4 is 23.5 Å². The van der Waals surface area contributed by atoms with Crippen molar-refractivity contribution in [3.05, 3.63) is 0 Å². The van der Waals surface area contributed by atoms with Gasteiger partial charge in [-0.15, -0.1) is 0 Å². The average Bonchev–Trinajstić information content (AvgIpc) is 2.74. The molecule has 1 atom stereocenters. The third-order valence-electron chi connectivity index (χ3n) is 2.87. The van der Waals surface area contributed by atoms with Gasteiger partial charge in [-0.25, -0.2) is 0 Å². The number of amides is 3. The lowest BCUT2D eigenvalue weighted by molar-refractivity contribution is -0.149. The molecule has 1 heterocycles. The second kappa shape index (κ2) is 5.61. The quantitative estimate of drug-likeness (QED) is 0.618. The molecule has 1 fully saturated rings. The fourth-order valence-corrected chi connectivity index (χ4v) is 2.03. The largest absolute Gasteiger partial charge is 0.368 e. The Morgan fingerprint density at radius 1 is 1.33 bits per heavy atom. The summed E-state index contributed by atoms with van der Waals surface area (Å²) in [6, 6.07) is -0.661. The van der Waals surface area contributed by atoms with E-state index in [4.69, 9.17) is 5.73 Å². The molecule has 18 heavy (non-hydrogen) atoms. The molecule has 0 radical (unpaired) electrons. The van der Waals surface area contributed by atoms with Crippen molar-refractivity contribution in [1.29, 1.82) is 0 Å². The van der Waals surface area contributed by atoms with Gasteiger partial charge in [0.2, 0.25) is 17.6 Å². The summed E-state index contributed by atoms with van der Waals surface area (Å²) in [4.78, 5) is 47.9. The Morgan fingerprint density at radius 3 is 2.44 bits per heavy atom. The SMILES string of the molecule is CC(=O)C(=O)N1CCC[C@H]1C(=O)N(C)CC(N)=O. The number of nitrogens with zero attached hydrogens (tertiary/aromatic N) is 2. The second-order valence-electron chi connectivity index (χ2n) is 4.37. The van der Waals surface area contributed by atoms with Crippen LogP contribution in [0.15, 0.2) is 0 Å². The van der Waals surface area contributed by atoms with Gasteiger partial charge in [0, 0.05) is 20.5 Å². The van der Waals surface area contributed by atoms with Crippen LogP contribution in [0.1, 0.15) is 19.8 Å². The molecule has 7 heteroatoms. The van der Waals surface area contributed by atoms with Crippen LogP contribution >= 0.6 is 0 Å². The summed E-state index contributed by atoms with van der Waals surface area (Å²) in [5.74, 6) is -2.22. The highest BCUT2D eigenvalue weighted by molar-refractivity contribution is 6.35. The van der Waals surface area contributed by atoms with Crippen molar-refractivity contribution in [2.45, 2.75) is 25.8 Å². The lowest BCUT2D eigenvalue weighted by Crippen LogP contribution is -2.49. The number of likely N-dealkylation sites (tertiary alicyclic amines) is 1. The van der Waals surface area contributed by atoms with Gasteiger partial charge in [0.1, 0.15) is 6.04 Å². The molecule has 0 unspecified atom stereocenters. The maximum atomic E-state index is 12.0. The zero-order chi connectivity index (χ0) is 13.9. The summed E-state index contributed by atoms with van der Waals surface area (Å²) < 4.78 is 0. The highest BCUT2D eigenvalue weighted by atomic mass is 16.2. The summed E-state index contributed by atoms with van der Waals surface area (Å²) in [6.45, 7) is 1.37. The van der Waals surface area contributed by atoms with Gasteiger partial charge in [-0.2, -0.15) is 0 Å². The summed E-state index contributed by atoms with van der Waals surface area (Å²) in [5.41, 5.74) is 5.01. The van der Waals surface area contributed by atoms with Crippen LogP contribution in [0, 0.1) is 0 Å². The number of ketones is 1. The van der Waals surface area contributed by atoms with Crippen molar-refractivity contribution < 1.29 is 19.2 Å². The van der Waals surface area contributed by atoms with E-state index < -0.39 is 23.6 Å². The van der Waals surface area contributed by atoms with Gasteiger partial charge in [0.05, 0.1) is 6.54 Å². The summed E-state index contributed by atoms with van der Waals surface area (Å²) >= 11 is 0. The third-order valence-corrected chi connectivity index (χ3v) is 2.87. The van der Waals surface area contributed by atoms with Crippen LogP contribution in [0.3, 0.4) is 0 Å². The van der Waals surface area contributed by atoms with Crippen LogP contribution in [0.4, 0.5) is 0 Å². The number of carbonyl (C=O) groups is 4. The predicted octanol–water partition coefficient (Wildman–Crippen LogP) is -1.49. The van der Waals surface area contributed by atoms with Crippen LogP contribution in [0.25, 0.3) is 0 Å². The number of rotatable bonds is 4. The number of nitrogens with two attached hydrogens (primary N) is 1. The number of likely N-dealkylation sites (N-methyl/N-ethyl adjacent to an activating group) is 1. The monoisotopic (exact) mass is 255 g/mol. The fourth-order valence-electron chi connectivity index (χ4n) is 2.03. The summed E-state index contributed by atoms with van der Waals surface area (Å²) in [6.07, 6.45) is 1.17. The van der Waals surface area contributed by atoms with Gasteiger partial charge in [0.15, 0.2) is 0 Å². The Labute approximate surface area is 105 Å². The van der Waals surface area contributed by atoms with Gasteiger partial charge in [-0.05, 0) is 12.8 Å². The third kappa shape index (κ3) is 3.06. The van der Waals surface area contributed by atoms with E-state index in [1.54, 1.807) is 0 Å².